The molecule has 0 fully saturated rings. The number of carbonyl (C=O) groups is 2. The third-order valence-corrected chi connectivity index (χ3v) is 5.30. The quantitative estimate of drug-likeness (QED) is 0.271. The molecule has 0 unspecified atom stereocenters. The number of nitrogens with one attached hydrogen (secondary N) is 2. The second kappa shape index (κ2) is 17.4. The molecular formula is C27H56N2O3. The van der Waals surface area contributed by atoms with E-state index in [1.54, 1.807) is 0 Å². The summed E-state index contributed by atoms with van der Waals surface area (Å²) in [5.41, 5.74) is -0.597. The van der Waals surface area contributed by atoms with Gasteiger partial charge >= 0.3 is 0 Å². The van der Waals surface area contributed by atoms with Crippen molar-refractivity contribution in [2.75, 3.05) is 19.7 Å². The summed E-state index contributed by atoms with van der Waals surface area (Å²) in [6.45, 7) is 22.8. The van der Waals surface area contributed by atoms with Crippen LogP contribution in [0.2, 0.25) is 0 Å². The Bertz CT molecular complexity index is 494. The summed E-state index contributed by atoms with van der Waals surface area (Å²) in [5.74, 6) is 0.203. The van der Waals surface area contributed by atoms with Crippen molar-refractivity contribution in [2.45, 2.75) is 133 Å². The Morgan fingerprint density at radius 2 is 1.34 bits per heavy atom. The van der Waals surface area contributed by atoms with Gasteiger partial charge in [0.15, 0.2) is 0 Å². The molecule has 0 aromatic heterocycles. The van der Waals surface area contributed by atoms with Crippen LogP contribution in [-0.4, -0.2) is 37.1 Å². The van der Waals surface area contributed by atoms with Gasteiger partial charge in [-0.25, -0.2) is 0 Å². The molecule has 192 valence electrons. The first kappa shape index (κ1) is 33.1. The maximum absolute atomic E-state index is 12.4. The first-order chi connectivity index (χ1) is 14.7. The lowest BCUT2D eigenvalue weighted by atomic mass is 9.88. The van der Waals surface area contributed by atoms with Crippen molar-refractivity contribution in [3.8, 4) is 0 Å². The molecular weight excluding hydrogens is 400 g/mol. The predicted molar refractivity (Wildman–Crippen MR) is 138 cm³/mol. The van der Waals surface area contributed by atoms with E-state index in [0.717, 1.165) is 25.8 Å². The van der Waals surface area contributed by atoms with E-state index in [4.69, 9.17) is 4.74 Å². The van der Waals surface area contributed by atoms with Crippen molar-refractivity contribution >= 4 is 11.8 Å². The maximum atomic E-state index is 12.4. The van der Waals surface area contributed by atoms with Crippen molar-refractivity contribution in [3.05, 3.63) is 0 Å². The van der Waals surface area contributed by atoms with Gasteiger partial charge in [-0.2, -0.15) is 0 Å². The SMILES string of the molecule is CCC.CCCCCCNC(=O)C(C)(C)CCOC(C)(C)CCNC(=O)CCC(C)(C)C. The third-order valence-electron chi connectivity index (χ3n) is 5.30. The lowest BCUT2D eigenvalue weighted by molar-refractivity contribution is -0.131. The van der Waals surface area contributed by atoms with Crippen molar-refractivity contribution in [2.24, 2.45) is 10.8 Å². The number of carbonyl (C=O) groups excluding carboxylic acids is 2. The van der Waals surface area contributed by atoms with Crippen LogP contribution in [0, 0.1) is 10.8 Å². The van der Waals surface area contributed by atoms with Crippen LogP contribution in [0.3, 0.4) is 0 Å². The second-order valence-corrected chi connectivity index (χ2v) is 11.4. The molecule has 0 aromatic rings. The highest BCUT2D eigenvalue weighted by molar-refractivity contribution is 5.81. The lowest BCUT2D eigenvalue weighted by Crippen LogP contribution is -2.39. The monoisotopic (exact) mass is 456 g/mol. The van der Waals surface area contributed by atoms with E-state index in [2.05, 4.69) is 52.2 Å². The summed E-state index contributed by atoms with van der Waals surface area (Å²) in [4.78, 5) is 24.4. The predicted octanol–water partition coefficient (Wildman–Crippen LogP) is 6.64. The van der Waals surface area contributed by atoms with Crippen LogP contribution in [0.4, 0.5) is 0 Å². The summed E-state index contributed by atoms with van der Waals surface area (Å²) in [6, 6.07) is 0. The minimum atomic E-state index is -0.442. The lowest BCUT2D eigenvalue weighted by Gasteiger charge is -2.29. The zero-order valence-corrected chi connectivity index (χ0v) is 23.2. The number of ether oxygens (including phenoxy) is 1. The van der Waals surface area contributed by atoms with E-state index in [1.165, 1.54) is 25.7 Å². The summed E-state index contributed by atoms with van der Waals surface area (Å²) >= 11 is 0. The van der Waals surface area contributed by atoms with Gasteiger partial charge in [0.2, 0.25) is 11.8 Å². The van der Waals surface area contributed by atoms with E-state index >= 15 is 0 Å². The molecule has 5 nitrogen and oxygen atoms in total. The third kappa shape index (κ3) is 20.8. The van der Waals surface area contributed by atoms with Crippen LogP contribution in [-0.2, 0) is 14.3 Å². The van der Waals surface area contributed by atoms with Gasteiger partial charge in [-0.1, -0.05) is 81.1 Å². The normalized spacial score (nSPS) is 12.1. The van der Waals surface area contributed by atoms with Crippen LogP contribution >= 0.6 is 0 Å². The van der Waals surface area contributed by atoms with Crippen LogP contribution in [0.1, 0.15) is 127 Å². The molecule has 32 heavy (non-hydrogen) atoms. The fourth-order valence-corrected chi connectivity index (χ4v) is 2.84. The molecule has 2 amide bonds. The van der Waals surface area contributed by atoms with E-state index in [9.17, 15) is 9.59 Å². The molecule has 0 atom stereocenters. The van der Waals surface area contributed by atoms with Gasteiger partial charge in [0.1, 0.15) is 0 Å². The molecule has 0 radical (unpaired) electrons. The molecule has 0 rings (SSSR count). The Morgan fingerprint density at radius 1 is 0.750 bits per heavy atom. The van der Waals surface area contributed by atoms with E-state index in [0.29, 0.717) is 26.0 Å². The van der Waals surface area contributed by atoms with Gasteiger partial charge in [-0.15, -0.1) is 0 Å². The van der Waals surface area contributed by atoms with Gasteiger partial charge in [-0.05, 0) is 44.9 Å². The summed E-state index contributed by atoms with van der Waals surface area (Å²) < 4.78 is 6.04. The van der Waals surface area contributed by atoms with Crippen LogP contribution in [0.15, 0.2) is 0 Å². The van der Waals surface area contributed by atoms with Crippen molar-refractivity contribution in [1.29, 1.82) is 0 Å². The zero-order valence-electron chi connectivity index (χ0n) is 23.2. The molecule has 0 bridgehead atoms. The van der Waals surface area contributed by atoms with Gasteiger partial charge in [0.05, 0.1) is 5.60 Å². The second-order valence-electron chi connectivity index (χ2n) is 11.4. The smallest absolute Gasteiger partial charge is 0.225 e. The first-order valence-electron chi connectivity index (χ1n) is 12.9. The average molecular weight is 457 g/mol. The molecule has 0 aliphatic heterocycles. The van der Waals surface area contributed by atoms with Crippen LogP contribution in [0.25, 0.3) is 0 Å². The first-order valence-corrected chi connectivity index (χ1v) is 12.9. The number of unbranched alkanes of at least 4 members (excludes halogenated alkanes) is 3. The topological polar surface area (TPSA) is 67.4 Å². The Hall–Kier alpha value is -1.10. The molecule has 0 spiro atoms. The summed E-state index contributed by atoms with van der Waals surface area (Å²) in [7, 11) is 0. The Morgan fingerprint density at radius 3 is 1.88 bits per heavy atom. The molecule has 0 aromatic carbocycles. The Balaban J connectivity index is 0. The maximum Gasteiger partial charge on any atom is 0.225 e. The highest BCUT2D eigenvalue weighted by atomic mass is 16.5. The molecule has 2 N–H and O–H groups in total. The van der Waals surface area contributed by atoms with Gasteiger partial charge in [0, 0.05) is 31.5 Å². The highest BCUT2D eigenvalue weighted by Gasteiger charge is 2.28. The molecule has 0 heterocycles. The average Bonchev–Trinajstić information content (AvgIpc) is 2.65. The summed E-state index contributed by atoms with van der Waals surface area (Å²) in [6.07, 6.45) is 8.75. The minimum absolute atomic E-state index is 0.0986. The van der Waals surface area contributed by atoms with Gasteiger partial charge < -0.3 is 15.4 Å². The molecule has 0 aliphatic carbocycles. The molecule has 0 saturated carbocycles. The largest absolute Gasteiger partial charge is 0.375 e. The highest BCUT2D eigenvalue weighted by Crippen LogP contribution is 2.23. The van der Waals surface area contributed by atoms with Crippen LogP contribution in [0.5, 0.6) is 0 Å². The van der Waals surface area contributed by atoms with E-state index < -0.39 is 5.41 Å². The van der Waals surface area contributed by atoms with Crippen molar-refractivity contribution in [3.63, 3.8) is 0 Å². The fourth-order valence-electron chi connectivity index (χ4n) is 2.84. The van der Waals surface area contributed by atoms with Gasteiger partial charge in [0.25, 0.3) is 0 Å². The Labute approximate surface area is 200 Å². The molecule has 0 aliphatic rings. The molecule has 5 heteroatoms. The number of hydrogen-bond acceptors (Lipinski definition) is 3. The van der Waals surface area contributed by atoms with Crippen molar-refractivity contribution in [1.82, 2.24) is 10.6 Å². The van der Waals surface area contributed by atoms with E-state index in [1.807, 2.05) is 27.7 Å². The van der Waals surface area contributed by atoms with E-state index in [-0.39, 0.29) is 22.8 Å². The van der Waals surface area contributed by atoms with Crippen molar-refractivity contribution < 1.29 is 14.3 Å². The van der Waals surface area contributed by atoms with Crippen LogP contribution < -0.4 is 10.6 Å². The molecule has 0 saturated heterocycles. The zero-order chi connectivity index (χ0) is 25.3. The Kier molecular flexibility index (Phi) is 18.0. The number of amides is 2. The fraction of sp³-hybridized carbons (Fsp3) is 0.926. The standard InChI is InChI=1S/C24H48N2O3.C3H8/c1-9-10-11-12-17-26-21(28)23(5,6)16-19-29-24(7,8)15-18-25-20(27)13-14-22(2,3)4;1-3-2/h9-19H2,1-8H3,(H,25,27)(H,26,28);3H2,1-2H3. The van der Waals surface area contributed by atoms with Gasteiger partial charge in [-0.3, -0.25) is 9.59 Å². The minimum Gasteiger partial charge on any atom is -0.375 e. The summed E-state index contributed by atoms with van der Waals surface area (Å²) in [5, 5.41) is 6.05. The number of rotatable bonds is 15. The number of hydrogen-bond donors (Lipinski definition) is 2.